The summed E-state index contributed by atoms with van der Waals surface area (Å²) in [5, 5.41) is 10.9. The third kappa shape index (κ3) is 5.48. The molecular weight excluding hydrogens is 298 g/mol. The Balaban J connectivity index is 2.65. The number of nitrogens with zero attached hydrogens (tertiary/aromatic N) is 1. The molecule has 0 atom stereocenters. The first-order valence-corrected chi connectivity index (χ1v) is 7.66. The molecule has 0 aliphatic heterocycles. The van der Waals surface area contributed by atoms with Crippen molar-refractivity contribution in [1.82, 2.24) is 15.0 Å². The van der Waals surface area contributed by atoms with Crippen molar-refractivity contribution in [3.8, 4) is 0 Å². The van der Waals surface area contributed by atoms with Crippen LogP contribution in [0.3, 0.4) is 0 Å². The molecule has 0 bridgehead atoms. The van der Waals surface area contributed by atoms with Gasteiger partial charge < -0.3 is 10.4 Å². The number of pyridine rings is 1. The van der Waals surface area contributed by atoms with Gasteiger partial charge in [-0.15, -0.1) is 0 Å². The SMILES string of the molecule is CC(C)CNC(=O)CNS(=O)(=O)c1ccc(C(=O)O)cn1. The quantitative estimate of drug-likeness (QED) is 0.641. The van der Waals surface area contributed by atoms with Crippen molar-refractivity contribution in [2.75, 3.05) is 13.1 Å². The number of aromatic nitrogens is 1. The zero-order chi connectivity index (χ0) is 16.0. The molecule has 0 unspecified atom stereocenters. The number of hydrogen-bond donors (Lipinski definition) is 3. The van der Waals surface area contributed by atoms with Gasteiger partial charge in [-0.25, -0.2) is 22.9 Å². The van der Waals surface area contributed by atoms with Gasteiger partial charge in [-0.3, -0.25) is 4.79 Å². The molecule has 8 nitrogen and oxygen atoms in total. The molecule has 116 valence electrons. The van der Waals surface area contributed by atoms with E-state index in [0.29, 0.717) is 6.54 Å². The molecule has 21 heavy (non-hydrogen) atoms. The van der Waals surface area contributed by atoms with Gasteiger partial charge >= 0.3 is 5.97 Å². The van der Waals surface area contributed by atoms with E-state index in [0.717, 1.165) is 18.3 Å². The van der Waals surface area contributed by atoms with Crippen LogP contribution in [0.4, 0.5) is 0 Å². The number of nitrogens with one attached hydrogen (secondary N) is 2. The molecule has 0 radical (unpaired) electrons. The lowest BCUT2D eigenvalue weighted by molar-refractivity contribution is -0.120. The van der Waals surface area contributed by atoms with Gasteiger partial charge in [-0.2, -0.15) is 0 Å². The van der Waals surface area contributed by atoms with Crippen LogP contribution >= 0.6 is 0 Å². The summed E-state index contributed by atoms with van der Waals surface area (Å²) in [5.41, 5.74) is -0.122. The molecule has 0 aromatic carbocycles. The van der Waals surface area contributed by atoms with E-state index in [9.17, 15) is 18.0 Å². The second kappa shape index (κ2) is 7.14. The van der Waals surface area contributed by atoms with Crippen molar-refractivity contribution in [3.63, 3.8) is 0 Å². The summed E-state index contributed by atoms with van der Waals surface area (Å²) in [6.07, 6.45) is 0.940. The van der Waals surface area contributed by atoms with Crippen LogP contribution < -0.4 is 10.0 Å². The van der Waals surface area contributed by atoms with Gasteiger partial charge in [0.2, 0.25) is 5.91 Å². The molecule has 1 aromatic rings. The maximum Gasteiger partial charge on any atom is 0.337 e. The van der Waals surface area contributed by atoms with E-state index in [4.69, 9.17) is 5.11 Å². The van der Waals surface area contributed by atoms with Crippen LogP contribution in [0.15, 0.2) is 23.4 Å². The fourth-order valence-electron chi connectivity index (χ4n) is 1.28. The lowest BCUT2D eigenvalue weighted by atomic mass is 10.2. The standard InChI is InChI=1S/C12H17N3O5S/c1-8(2)5-13-10(16)7-15-21(19,20)11-4-3-9(6-14-11)12(17)18/h3-4,6,8,15H,5,7H2,1-2H3,(H,13,16)(H,17,18). The highest BCUT2D eigenvalue weighted by molar-refractivity contribution is 7.89. The van der Waals surface area contributed by atoms with Gasteiger partial charge in [-0.1, -0.05) is 13.8 Å². The fourth-order valence-corrected chi connectivity index (χ4v) is 2.19. The van der Waals surface area contributed by atoms with E-state index >= 15 is 0 Å². The van der Waals surface area contributed by atoms with Gasteiger partial charge in [0.25, 0.3) is 10.0 Å². The Hall–Kier alpha value is -2.00. The second-order valence-electron chi connectivity index (χ2n) is 4.71. The molecule has 0 saturated heterocycles. The van der Waals surface area contributed by atoms with Crippen molar-refractivity contribution < 1.29 is 23.1 Å². The maximum absolute atomic E-state index is 11.9. The minimum absolute atomic E-state index is 0.122. The number of rotatable bonds is 7. The van der Waals surface area contributed by atoms with Crippen molar-refractivity contribution in [3.05, 3.63) is 23.9 Å². The minimum atomic E-state index is -3.95. The number of carboxylic acid groups (broad SMARTS) is 1. The largest absolute Gasteiger partial charge is 0.478 e. The molecule has 3 N–H and O–H groups in total. The number of sulfonamides is 1. The average Bonchev–Trinajstić information content (AvgIpc) is 2.43. The summed E-state index contributed by atoms with van der Waals surface area (Å²) < 4.78 is 25.8. The molecule has 1 rings (SSSR count). The monoisotopic (exact) mass is 315 g/mol. The van der Waals surface area contributed by atoms with Crippen LogP contribution in [0, 0.1) is 5.92 Å². The average molecular weight is 315 g/mol. The van der Waals surface area contributed by atoms with E-state index in [1.807, 2.05) is 13.8 Å². The third-order valence-corrected chi connectivity index (χ3v) is 3.71. The Labute approximate surface area is 122 Å². The second-order valence-corrected chi connectivity index (χ2v) is 6.43. The molecule has 0 aliphatic carbocycles. The molecule has 9 heteroatoms. The van der Waals surface area contributed by atoms with Gasteiger partial charge in [0.1, 0.15) is 0 Å². The molecular formula is C12H17N3O5S. The van der Waals surface area contributed by atoms with Crippen molar-refractivity contribution in [1.29, 1.82) is 0 Å². The Kier molecular flexibility index (Phi) is 5.79. The number of amides is 1. The van der Waals surface area contributed by atoms with E-state index in [-0.39, 0.29) is 16.5 Å². The first-order chi connectivity index (χ1) is 9.72. The molecule has 0 spiro atoms. The van der Waals surface area contributed by atoms with Crippen LogP contribution in [-0.2, 0) is 14.8 Å². The van der Waals surface area contributed by atoms with Gasteiger partial charge in [0, 0.05) is 12.7 Å². The zero-order valence-corrected chi connectivity index (χ0v) is 12.5. The molecule has 1 heterocycles. The number of hydrogen-bond acceptors (Lipinski definition) is 5. The molecule has 0 aliphatic rings. The number of carboxylic acids is 1. The summed E-state index contributed by atoms with van der Waals surface area (Å²) >= 11 is 0. The van der Waals surface area contributed by atoms with Gasteiger partial charge in [-0.05, 0) is 18.1 Å². The normalized spacial score (nSPS) is 11.4. The highest BCUT2D eigenvalue weighted by Crippen LogP contribution is 2.06. The van der Waals surface area contributed by atoms with Crippen molar-refractivity contribution >= 4 is 21.9 Å². The van der Waals surface area contributed by atoms with Crippen LogP contribution in [0.25, 0.3) is 0 Å². The summed E-state index contributed by atoms with van der Waals surface area (Å²) in [5.74, 6) is -1.39. The zero-order valence-electron chi connectivity index (χ0n) is 11.7. The van der Waals surface area contributed by atoms with Crippen LogP contribution in [0.5, 0.6) is 0 Å². The highest BCUT2D eigenvalue weighted by atomic mass is 32.2. The van der Waals surface area contributed by atoms with Gasteiger partial charge in [0.05, 0.1) is 12.1 Å². The molecule has 0 saturated carbocycles. The summed E-state index contributed by atoms with van der Waals surface area (Å²) in [6.45, 7) is 3.88. The minimum Gasteiger partial charge on any atom is -0.478 e. The maximum atomic E-state index is 11.9. The van der Waals surface area contributed by atoms with Gasteiger partial charge in [0.15, 0.2) is 5.03 Å². The first-order valence-electron chi connectivity index (χ1n) is 6.18. The summed E-state index contributed by atoms with van der Waals surface area (Å²) in [7, 11) is -3.95. The highest BCUT2D eigenvalue weighted by Gasteiger charge is 2.17. The Morgan fingerprint density at radius 3 is 2.48 bits per heavy atom. The Bertz CT molecular complexity index is 610. The summed E-state index contributed by atoms with van der Waals surface area (Å²) in [6, 6.07) is 2.19. The lowest BCUT2D eigenvalue weighted by Gasteiger charge is -2.09. The van der Waals surface area contributed by atoms with E-state index in [1.54, 1.807) is 0 Å². The predicted octanol–water partition coefficient (Wildman–Crippen LogP) is -0.170. The Morgan fingerprint density at radius 1 is 1.33 bits per heavy atom. The topological polar surface area (TPSA) is 125 Å². The van der Waals surface area contributed by atoms with Crippen molar-refractivity contribution in [2.45, 2.75) is 18.9 Å². The molecule has 1 amide bonds. The fraction of sp³-hybridized carbons (Fsp3) is 0.417. The van der Waals surface area contributed by atoms with E-state index < -0.39 is 28.4 Å². The van der Waals surface area contributed by atoms with Crippen LogP contribution in [0.1, 0.15) is 24.2 Å². The lowest BCUT2D eigenvalue weighted by Crippen LogP contribution is -2.38. The smallest absolute Gasteiger partial charge is 0.337 e. The number of carbonyl (C=O) groups is 2. The predicted molar refractivity (Wildman–Crippen MR) is 74.2 cm³/mol. The number of aromatic carboxylic acids is 1. The van der Waals surface area contributed by atoms with E-state index in [1.165, 1.54) is 0 Å². The molecule has 0 fully saturated rings. The van der Waals surface area contributed by atoms with Crippen LogP contribution in [0.2, 0.25) is 0 Å². The number of carbonyl (C=O) groups excluding carboxylic acids is 1. The Morgan fingerprint density at radius 2 is 2.00 bits per heavy atom. The summed E-state index contributed by atoms with van der Waals surface area (Å²) in [4.78, 5) is 25.6. The third-order valence-electron chi connectivity index (χ3n) is 2.39. The first kappa shape index (κ1) is 17.1. The van der Waals surface area contributed by atoms with E-state index in [2.05, 4.69) is 15.0 Å². The van der Waals surface area contributed by atoms with Crippen molar-refractivity contribution in [2.24, 2.45) is 5.92 Å². The molecule has 1 aromatic heterocycles. The van der Waals surface area contributed by atoms with Crippen LogP contribution in [-0.4, -0.2) is 43.5 Å².